The minimum atomic E-state index is -3.01. The van der Waals surface area contributed by atoms with E-state index in [2.05, 4.69) is 36.3 Å². The third-order valence-electron chi connectivity index (χ3n) is 5.56. The number of rotatable bonds is 8. The van der Waals surface area contributed by atoms with Gasteiger partial charge in [-0.1, -0.05) is 61.5 Å². The van der Waals surface area contributed by atoms with Gasteiger partial charge in [-0.2, -0.15) is 0 Å². The normalized spacial score (nSPS) is 17.6. The summed E-state index contributed by atoms with van der Waals surface area (Å²) in [5.74, 6) is 0.0873. The van der Waals surface area contributed by atoms with Crippen LogP contribution in [0.25, 0.3) is 0 Å². The van der Waals surface area contributed by atoms with Crippen LogP contribution in [0, 0.1) is 0 Å². The molecule has 1 aliphatic rings. The van der Waals surface area contributed by atoms with Crippen LogP contribution in [-0.4, -0.2) is 62.3 Å². The Morgan fingerprint density at radius 2 is 1.73 bits per heavy atom. The SMILES string of the molecule is CCN(C)Cc1cccc(CNC(=O)C(c2ccccc2)N2CCS(=O)(=O)CC2)c1. The zero-order valence-corrected chi connectivity index (χ0v) is 18.6. The second-order valence-electron chi connectivity index (χ2n) is 7.87. The first-order valence-electron chi connectivity index (χ1n) is 10.4. The van der Waals surface area contributed by atoms with E-state index < -0.39 is 15.9 Å². The van der Waals surface area contributed by atoms with Crippen LogP contribution in [0.15, 0.2) is 54.6 Å². The molecule has 0 aromatic heterocycles. The number of carbonyl (C=O) groups excluding carboxylic acids is 1. The van der Waals surface area contributed by atoms with Crippen molar-refractivity contribution in [2.24, 2.45) is 0 Å². The Balaban J connectivity index is 1.70. The van der Waals surface area contributed by atoms with E-state index in [-0.39, 0.29) is 17.4 Å². The highest BCUT2D eigenvalue weighted by Crippen LogP contribution is 2.23. The van der Waals surface area contributed by atoms with Gasteiger partial charge in [-0.05, 0) is 30.3 Å². The molecular weight excluding hydrogens is 398 g/mol. The Hall–Kier alpha value is -2.22. The number of amides is 1. The fourth-order valence-electron chi connectivity index (χ4n) is 3.70. The molecule has 0 bridgehead atoms. The van der Waals surface area contributed by atoms with Crippen LogP contribution >= 0.6 is 0 Å². The summed E-state index contributed by atoms with van der Waals surface area (Å²) in [5.41, 5.74) is 3.15. The minimum absolute atomic E-state index is 0.0939. The highest BCUT2D eigenvalue weighted by Gasteiger charge is 2.32. The van der Waals surface area contributed by atoms with Crippen LogP contribution in [-0.2, 0) is 27.7 Å². The predicted molar refractivity (Wildman–Crippen MR) is 120 cm³/mol. The third kappa shape index (κ3) is 6.14. The van der Waals surface area contributed by atoms with E-state index in [4.69, 9.17) is 0 Å². The summed E-state index contributed by atoms with van der Waals surface area (Å²) in [6.45, 7) is 5.15. The van der Waals surface area contributed by atoms with Gasteiger partial charge in [0.1, 0.15) is 6.04 Å². The lowest BCUT2D eigenvalue weighted by Crippen LogP contribution is -2.47. The van der Waals surface area contributed by atoms with Gasteiger partial charge in [0.05, 0.1) is 11.5 Å². The molecule has 1 saturated heterocycles. The summed E-state index contributed by atoms with van der Waals surface area (Å²) in [6, 6.07) is 17.3. The standard InChI is InChI=1S/C23H31N3O3S/c1-3-25(2)18-20-9-7-8-19(16-20)17-24-23(27)22(21-10-5-4-6-11-21)26-12-14-30(28,29)15-13-26/h4-11,16,22H,3,12-15,17-18H2,1-2H3,(H,24,27). The van der Waals surface area contributed by atoms with E-state index in [0.717, 1.165) is 24.2 Å². The Labute approximate surface area is 179 Å². The molecule has 2 aromatic carbocycles. The van der Waals surface area contributed by atoms with Crippen molar-refractivity contribution in [2.75, 3.05) is 38.2 Å². The molecule has 1 fully saturated rings. The van der Waals surface area contributed by atoms with Crippen LogP contribution in [0.3, 0.4) is 0 Å². The Morgan fingerprint density at radius 1 is 1.07 bits per heavy atom. The molecule has 0 saturated carbocycles. The Kier molecular flexibility index (Phi) is 7.64. The first-order chi connectivity index (χ1) is 14.4. The van der Waals surface area contributed by atoms with E-state index in [1.807, 2.05) is 47.4 Å². The van der Waals surface area contributed by atoms with Crippen molar-refractivity contribution < 1.29 is 13.2 Å². The summed E-state index contributed by atoms with van der Waals surface area (Å²) in [4.78, 5) is 17.4. The number of hydrogen-bond acceptors (Lipinski definition) is 5. The number of nitrogens with one attached hydrogen (secondary N) is 1. The molecule has 0 spiro atoms. The highest BCUT2D eigenvalue weighted by molar-refractivity contribution is 7.91. The summed E-state index contributed by atoms with van der Waals surface area (Å²) < 4.78 is 23.7. The average molecular weight is 430 g/mol. The molecule has 1 amide bonds. The molecule has 1 heterocycles. The van der Waals surface area contributed by atoms with Gasteiger partial charge in [0.15, 0.2) is 9.84 Å². The Bertz CT molecular complexity index is 933. The molecule has 6 nitrogen and oxygen atoms in total. The van der Waals surface area contributed by atoms with Crippen LogP contribution in [0.2, 0.25) is 0 Å². The van der Waals surface area contributed by atoms with Crippen molar-refractivity contribution in [3.63, 3.8) is 0 Å². The number of nitrogens with zero attached hydrogens (tertiary/aromatic N) is 2. The highest BCUT2D eigenvalue weighted by atomic mass is 32.2. The van der Waals surface area contributed by atoms with Gasteiger partial charge in [0, 0.05) is 26.2 Å². The molecule has 0 aliphatic carbocycles. The first kappa shape index (κ1) is 22.5. The molecule has 162 valence electrons. The van der Waals surface area contributed by atoms with E-state index in [0.29, 0.717) is 19.6 Å². The minimum Gasteiger partial charge on any atom is -0.350 e. The molecule has 2 aromatic rings. The number of benzene rings is 2. The maximum Gasteiger partial charge on any atom is 0.242 e. The largest absolute Gasteiger partial charge is 0.350 e. The summed E-state index contributed by atoms with van der Waals surface area (Å²) in [7, 11) is -0.926. The maximum atomic E-state index is 13.2. The van der Waals surface area contributed by atoms with Crippen molar-refractivity contribution in [2.45, 2.75) is 26.1 Å². The molecule has 1 aliphatic heterocycles. The van der Waals surface area contributed by atoms with Crippen molar-refractivity contribution in [3.8, 4) is 0 Å². The molecule has 1 N–H and O–H groups in total. The predicted octanol–water partition coefficient (Wildman–Crippen LogP) is 2.23. The van der Waals surface area contributed by atoms with Crippen LogP contribution in [0.1, 0.15) is 29.7 Å². The van der Waals surface area contributed by atoms with E-state index >= 15 is 0 Å². The first-order valence-corrected chi connectivity index (χ1v) is 12.2. The monoisotopic (exact) mass is 429 g/mol. The summed E-state index contributed by atoms with van der Waals surface area (Å²) >= 11 is 0. The van der Waals surface area contributed by atoms with Crippen molar-refractivity contribution in [3.05, 3.63) is 71.3 Å². The summed E-state index contributed by atoms with van der Waals surface area (Å²) in [5, 5.41) is 3.07. The molecule has 30 heavy (non-hydrogen) atoms. The van der Waals surface area contributed by atoms with E-state index in [1.54, 1.807) is 0 Å². The van der Waals surface area contributed by atoms with Gasteiger partial charge < -0.3 is 10.2 Å². The van der Waals surface area contributed by atoms with Gasteiger partial charge >= 0.3 is 0 Å². The lowest BCUT2D eigenvalue weighted by molar-refractivity contribution is -0.126. The molecule has 1 atom stereocenters. The maximum absolute atomic E-state index is 13.2. The molecule has 7 heteroatoms. The fourth-order valence-corrected chi connectivity index (χ4v) is 4.92. The van der Waals surface area contributed by atoms with Gasteiger partial charge in [-0.15, -0.1) is 0 Å². The second-order valence-corrected chi connectivity index (χ2v) is 10.2. The zero-order chi connectivity index (χ0) is 21.6. The van der Waals surface area contributed by atoms with Gasteiger partial charge in [-0.3, -0.25) is 9.69 Å². The molecule has 0 radical (unpaired) electrons. The van der Waals surface area contributed by atoms with Crippen LogP contribution in [0.5, 0.6) is 0 Å². The van der Waals surface area contributed by atoms with Crippen molar-refractivity contribution in [1.82, 2.24) is 15.1 Å². The Morgan fingerprint density at radius 3 is 2.40 bits per heavy atom. The van der Waals surface area contributed by atoms with Gasteiger partial charge in [-0.25, -0.2) is 8.42 Å². The lowest BCUT2D eigenvalue weighted by atomic mass is 10.0. The van der Waals surface area contributed by atoms with Crippen molar-refractivity contribution >= 4 is 15.7 Å². The average Bonchev–Trinajstić information content (AvgIpc) is 2.74. The molecule has 1 unspecified atom stereocenters. The second kappa shape index (κ2) is 10.2. The topological polar surface area (TPSA) is 69.7 Å². The number of sulfone groups is 1. The quantitative estimate of drug-likeness (QED) is 0.697. The number of hydrogen-bond donors (Lipinski definition) is 1. The fraction of sp³-hybridized carbons (Fsp3) is 0.435. The van der Waals surface area contributed by atoms with Crippen LogP contribution < -0.4 is 5.32 Å². The smallest absolute Gasteiger partial charge is 0.242 e. The van der Waals surface area contributed by atoms with Crippen LogP contribution in [0.4, 0.5) is 0 Å². The third-order valence-corrected chi connectivity index (χ3v) is 7.17. The van der Waals surface area contributed by atoms with E-state index in [1.165, 1.54) is 5.56 Å². The molecule has 3 rings (SSSR count). The van der Waals surface area contributed by atoms with E-state index in [9.17, 15) is 13.2 Å². The molecular formula is C23H31N3O3S. The zero-order valence-electron chi connectivity index (χ0n) is 17.8. The van der Waals surface area contributed by atoms with Gasteiger partial charge in [0.25, 0.3) is 0 Å². The lowest BCUT2D eigenvalue weighted by Gasteiger charge is -2.33. The van der Waals surface area contributed by atoms with Crippen molar-refractivity contribution in [1.29, 1.82) is 0 Å². The summed E-state index contributed by atoms with van der Waals surface area (Å²) in [6.07, 6.45) is 0. The number of carbonyl (C=O) groups is 1. The van der Waals surface area contributed by atoms with Gasteiger partial charge in [0.2, 0.25) is 5.91 Å².